The summed E-state index contributed by atoms with van der Waals surface area (Å²) >= 11 is 0. The molecule has 0 aliphatic carbocycles. The van der Waals surface area contributed by atoms with Crippen molar-refractivity contribution in [3.05, 3.63) is 71.6 Å². The van der Waals surface area contributed by atoms with Gasteiger partial charge in [-0.3, -0.25) is 4.79 Å². The molecule has 2 aromatic carbocycles. The average Bonchev–Trinajstić information content (AvgIpc) is 2.57. The standard InChI is InChI=1S/C19H16F2N4O/c1-11(26)13-4-3-5-15(8-13)24-18-10-19(23-12(2)22-18)25-17-7-6-14(20)9-16(17)21/h3-10H,1-2H3,(H2,22,23,24,25). The Morgan fingerprint density at radius 2 is 1.69 bits per heavy atom. The number of aryl methyl sites for hydroxylation is 1. The van der Waals surface area contributed by atoms with Gasteiger partial charge >= 0.3 is 0 Å². The van der Waals surface area contributed by atoms with Crippen molar-refractivity contribution in [2.24, 2.45) is 0 Å². The number of rotatable bonds is 5. The van der Waals surface area contributed by atoms with E-state index in [0.717, 1.165) is 12.1 Å². The van der Waals surface area contributed by atoms with Crippen LogP contribution in [0.25, 0.3) is 0 Å². The van der Waals surface area contributed by atoms with Crippen molar-refractivity contribution < 1.29 is 13.6 Å². The van der Waals surface area contributed by atoms with Gasteiger partial charge < -0.3 is 10.6 Å². The van der Waals surface area contributed by atoms with Crippen LogP contribution in [0.1, 0.15) is 23.1 Å². The average molecular weight is 354 g/mol. The van der Waals surface area contributed by atoms with Gasteiger partial charge in [0, 0.05) is 23.4 Å². The third-order valence-corrected chi connectivity index (χ3v) is 3.57. The highest BCUT2D eigenvalue weighted by Gasteiger charge is 2.08. The number of nitrogens with one attached hydrogen (secondary N) is 2. The van der Waals surface area contributed by atoms with Gasteiger partial charge in [-0.05, 0) is 38.1 Å². The number of nitrogens with zero attached hydrogens (tertiary/aromatic N) is 2. The largest absolute Gasteiger partial charge is 0.340 e. The van der Waals surface area contributed by atoms with Crippen molar-refractivity contribution in [1.82, 2.24) is 9.97 Å². The lowest BCUT2D eigenvalue weighted by Crippen LogP contribution is -2.03. The predicted octanol–water partition coefficient (Wildman–Crippen LogP) is 4.75. The van der Waals surface area contributed by atoms with Gasteiger partial charge in [-0.25, -0.2) is 18.7 Å². The molecule has 1 heterocycles. The predicted molar refractivity (Wildman–Crippen MR) is 96.1 cm³/mol. The first-order chi connectivity index (χ1) is 12.4. The van der Waals surface area contributed by atoms with Crippen molar-refractivity contribution in [2.45, 2.75) is 13.8 Å². The van der Waals surface area contributed by atoms with E-state index < -0.39 is 11.6 Å². The van der Waals surface area contributed by atoms with Crippen LogP contribution in [0.4, 0.5) is 31.8 Å². The maximum Gasteiger partial charge on any atom is 0.159 e. The normalized spacial score (nSPS) is 10.5. The van der Waals surface area contributed by atoms with E-state index in [0.29, 0.717) is 28.7 Å². The van der Waals surface area contributed by atoms with Gasteiger partial charge in [0.15, 0.2) is 5.78 Å². The third-order valence-electron chi connectivity index (χ3n) is 3.57. The fraction of sp³-hybridized carbons (Fsp3) is 0.105. The number of halogens is 2. The molecule has 0 saturated heterocycles. The number of carbonyl (C=O) groups is 1. The number of Topliss-reactive ketones (excluding diaryl/α,β-unsaturated/α-hetero) is 1. The van der Waals surface area contributed by atoms with Crippen molar-refractivity contribution in [3.8, 4) is 0 Å². The van der Waals surface area contributed by atoms with Gasteiger partial charge in [0.05, 0.1) is 5.69 Å². The highest BCUT2D eigenvalue weighted by atomic mass is 19.1. The lowest BCUT2D eigenvalue weighted by Gasteiger charge is -2.11. The summed E-state index contributed by atoms with van der Waals surface area (Å²) in [5.41, 5.74) is 1.37. The fourth-order valence-corrected chi connectivity index (χ4v) is 2.39. The smallest absolute Gasteiger partial charge is 0.159 e. The lowest BCUT2D eigenvalue weighted by molar-refractivity contribution is 0.101. The SMILES string of the molecule is CC(=O)c1cccc(Nc2cc(Nc3ccc(F)cc3F)nc(C)n2)c1. The molecule has 0 aliphatic heterocycles. The van der Waals surface area contributed by atoms with Crippen molar-refractivity contribution in [3.63, 3.8) is 0 Å². The summed E-state index contributed by atoms with van der Waals surface area (Å²) in [6, 6.07) is 11.9. The van der Waals surface area contributed by atoms with Gasteiger partial charge in [0.1, 0.15) is 29.1 Å². The number of aromatic nitrogens is 2. The zero-order valence-electron chi connectivity index (χ0n) is 14.2. The molecular weight excluding hydrogens is 338 g/mol. The molecule has 1 aromatic heterocycles. The van der Waals surface area contributed by atoms with Crippen LogP contribution in [0.3, 0.4) is 0 Å². The van der Waals surface area contributed by atoms with Crippen LogP contribution in [0.15, 0.2) is 48.5 Å². The van der Waals surface area contributed by atoms with E-state index in [1.807, 2.05) is 0 Å². The molecule has 3 rings (SSSR count). The Morgan fingerprint density at radius 1 is 0.962 bits per heavy atom. The molecule has 0 spiro atoms. The molecule has 3 aromatic rings. The first-order valence-electron chi connectivity index (χ1n) is 7.86. The zero-order valence-corrected chi connectivity index (χ0v) is 14.2. The number of benzene rings is 2. The van der Waals surface area contributed by atoms with E-state index in [4.69, 9.17) is 0 Å². The Kier molecular flexibility index (Phi) is 4.88. The second-order valence-electron chi connectivity index (χ2n) is 5.70. The molecule has 0 fully saturated rings. The molecule has 2 N–H and O–H groups in total. The maximum absolute atomic E-state index is 13.8. The minimum atomic E-state index is -0.718. The number of hydrogen-bond acceptors (Lipinski definition) is 5. The summed E-state index contributed by atoms with van der Waals surface area (Å²) < 4.78 is 26.8. The Balaban J connectivity index is 1.85. The Hall–Kier alpha value is -3.35. The van der Waals surface area contributed by atoms with E-state index in [1.165, 1.54) is 13.0 Å². The Labute approximate surface area is 149 Å². The van der Waals surface area contributed by atoms with E-state index in [-0.39, 0.29) is 11.5 Å². The van der Waals surface area contributed by atoms with E-state index in [2.05, 4.69) is 20.6 Å². The summed E-state index contributed by atoms with van der Waals surface area (Å²) in [7, 11) is 0. The summed E-state index contributed by atoms with van der Waals surface area (Å²) in [6.07, 6.45) is 0. The molecule has 0 radical (unpaired) electrons. The summed E-state index contributed by atoms with van der Waals surface area (Å²) in [4.78, 5) is 20.0. The number of carbonyl (C=O) groups excluding carboxylic acids is 1. The Morgan fingerprint density at radius 3 is 2.38 bits per heavy atom. The van der Waals surface area contributed by atoms with Gasteiger partial charge in [-0.15, -0.1) is 0 Å². The number of hydrogen-bond donors (Lipinski definition) is 2. The topological polar surface area (TPSA) is 66.9 Å². The molecule has 7 heteroatoms. The molecule has 0 atom stereocenters. The van der Waals surface area contributed by atoms with Gasteiger partial charge in [0.25, 0.3) is 0 Å². The third kappa shape index (κ3) is 4.18. The fourth-order valence-electron chi connectivity index (χ4n) is 2.39. The summed E-state index contributed by atoms with van der Waals surface area (Å²) in [5.74, 6) is -0.120. The van der Waals surface area contributed by atoms with Crippen molar-refractivity contribution in [2.75, 3.05) is 10.6 Å². The molecule has 0 aliphatic rings. The van der Waals surface area contributed by atoms with E-state index >= 15 is 0 Å². The molecule has 0 saturated carbocycles. The second kappa shape index (κ2) is 7.26. The number of ketones is 1. The van der Waals surface area contributed by atoms with Crippen molar-refractivity contribution >= 4 is 28.8 Å². The lowest BCUT2D eigenvalue weighted by atomic mass is 10.1. The van der Waals surface area contributed by atoms with Crippen molar-refractivity contribution in [1.29, 1.82) is 0 Å². The first kappa shape index (κ1) is 17.5. The molecule has 0 bridgehead atoms. The highest BCUT2D eigenvalue weighted by molar-refractivity contribution is 5.95. The molecule has 0 amide bonds. The molecule has 0 unspecified atom stereocenters. The minimum Gasteiger partial charge on any atom is -0.340 e. The van der Waals surface area contributed by atoms with Crippen LogP contribution in [0.5, 0.6) is 0 Å². The molecule has 132 valence electrons. The second-order valence-corrected chi connectivity index (χ2v) is 5.70. The Bertz CT molecular complexity index is 976. The van der Waals surface area contributed by atoms with E-state index in [9.17, 15) is 13.6 Å². The van der Waals surface area contributed by atoms with Crippen LogP contribution in [0.2, 0.25) is 0 Å². The van der Waals surface area contributed by atoms with Gasteiger partial charge in [-0.2, -0.15) is 0 Å². The summed E-state index contributed by atoms with van der Waals surface area (Å²) in [5, 5.41) is 5.90. The summed E-state index contributed by atoms with van der Waals surface area (Å²) in [6.45, 7) is 3.19. The van der Waals surface area contributed by atoms with Crippen LogP contribution < -0.4 is 10.6 Å². The quantitative estimate of drug-likeness (QED) is 0.647. The molecule has 5 nitrogen and oxygen atoms in total. The van der Waals surface area contributed by atoms with Crippen LogP contribution in [-0.2, 0) is 0 Å². The number of anilines is 4. The minimum absolute atomic E-state index is 0.0401. The highest BCUT2D eigenvalue weighted by Crippen LogP contribution is 2.23. The molecular formula is C19H16F2N4O. The monoisotopic (exact) mass is 354 g/mol. The van der Waals surface area contributed by atoms with Crippen LogP contribution in [0, 0.1) is 18.6 Å². The zero-order chi connectivity index (χ0) is 18.7. The maximum atomic E-state index is 13.8. The first-order valence-corrected chi connectivity index (χ1v) is 7.86. The molecule has 26 heavy (non-hydrogen) atoms. The van der Waals surface area contributed by atoms with Gasteiger partial charge in [-0.1, -0.05) is 12.1 Å². The van der Waals surface area contributed by atoms with E-state index in [1.54, 1.807) is 37.3 Å². The van der Waals surface area contributed by atoms with Crippen LogP contribution >= 0.6 is 0 Å². The van der Waals surface area contributed by atoms with Gasteiger partial charge in [0.2, 0.25) is 0 Å². The van der Waals surface area contributed by atoms with Crippen LogP contribution in [-0.4, -0.2) is 15.8 Å².